The van der Waals surface area contributed by atoms with Crippen molar-refractivity contribution in [2.45, 2.75) is 0 Å². The van der Waals surface area contributed by atoms with Crippen LogP contribution in [-0.4, -0.2) is 19.2 Å². The maximum atomic E-state index is 10.9. The SMILES string of the molecule is CS(=O)(=O)Oc1ccc(-n2cccc2)cc1. The summed E-state index contributed by atoms with van der Waals surface area (Å²) in [5.41, 5.74) is 0.950. The number of hydrogen-bond donors (Lipinski definition) is 0. The molecule has 0 saturated carbocycles. The van der Waals surface area contributed by atoms with Crippen molar-refractivity contribution in [1.29, 1.82) is 0 Å². The molecule has 0 aliphatic rings. The molecule has 16 heavy (non-hydrogen) atoms. The van der Waals surface area contributed by atoms with Gasteiger partial charge >= 0.3 is 10.1 Å². The van der Waals surface area contributed by atoms with Crippen LogP contribution in [0.2, 0.25) is 0 Å². The second-order valence-corrected chi connectivity index (χ2v) is 4.95. The van der Waals surface area contributed by atoms with E-state index < -0.39 is 10.1 Å². The molecule has 1 aromatic heterocycles. The third-order valence-corrected chi connectivity index (χ3v) is 2.48. The molecule has 0 aliphatic carbocycles. The molecule has 1 heterocycles. The fourth-order valence-corrected chi connectivity index (χ4v) is 1.82. The molecular formula is C11H11NO3S. The lowest BCUT2D eigenvalue weighted by Gasteiger charge is -2.05. The van der Waals surface area contributed by atoms with Crippen molar-refractivity contribution in [3.8, 4) is 11.4 Å². The first-order valence-electron chi connectivity index (χ1n) is 4.67. The van der Waals surface area contributed by atoms with E-state index in [-0.39, 0.29) is 0 Å². The van der Waals surface area contributed by atoms with Gasteiger partial charge in [-0.3, -0.25) is 0 Å². The summed E-state index contributed by atoms with van der Waals surface area (Å²) < 4.78 is 28.4. The van der Waals surface area contributed by atoms with Gasteiger partial charge in [-0.15, -0.1) is 0 Å². The number of aromatic nitrogens is 1. The van der Waals surface area contributed by atoms with E-state index in [4.69, 9.17) is 4.18 Å². The highest BCUT2D eigenvalue weighted by molar-refractivity contribution is 7.86. The molecule has 0 amide bonds. The first kappa shape index (κ1) is 10.8. The van der Waals surface area contributed by atoms with Gasteiger partial charge in [-0.2, -0.15) is 8.42 Å². The first-order chi connectivity index (χ1) is 7.54. The van der Waals surface area contributed by atoms with Crippen LogP contribution in [0, 0.1) is 0 Å². The standard InChI is InChI=1S/C11H11NO3S/c1-16(13,14)15-11-6-4-10(5-7-11)12-8-2-3-9-12/h2-9H,1H3. The van der Waals surface area contributed by atoms with Gasteiger partial charge in [0.25, 0.3) is 0 Å². The van der Waals surface area contributed by atoms with E-state index in [0.717, 1.165) is 11.9 Å². The molecule has 4 nitrogen and oxygen atoms in total. The number of nitrogens with zero attached hydrogens (tertiary/aromatic N) is 1. The second kappa shape index (κ2) is 4.02. The summed E-state index contributed by atoms with van der Waals surface area (Å²) in [7, 11) is -3.45. The van der Waals surface area contributed by atoms with E-state index in [9.17, 15) is 8.42 Å². The minimum Gasteiger partial charge on any atom is -0.383 e. The Bertz CT molecular complexity index is 556. The number of rotatable bonds is 3. The zero-order chi connectivity index (χ0) is 11.6. The van der Waals surface area contributed by atoms with E-state index in [0.29, 0.717) is 5.75 Å². The minimum atomic E-state index is -3.45. The monoisotopic (exact) mass is 237 g/mol. The molecule has 0 unspecified atom stereocenters. The van der Waals surface area contributed by atoms with Gasteiger partial charge in [0.1, 0.15) is 5.75 Å². The Labute approximate surface area is 94.2 Å². The normalized spacial score (nSPS) is 11.3. The Hall–Kier alpha value is -1.75. The Morgan fingerprint density at radius 1 is 1.06 bits per heavy atom. The van der Waals surface area contributed by atoms with E-state index in [1.807, 2.05) is 29.1 Å². The summed E-state index contributed by atoms with van der Waals surface area (Å²) in [6.07, 6.45) is 4.84. The summed E-state index contributed by atoms with van der Waals surface area (Å²) in [4.78, 5) is 0. The zero-order valence-electron chi connectivity index (χ0n) is 8.70. The minimum absolute atomic E-state index is 0.318. The molecule has 0 spiro atoms. The van der Waals surface area contributed by atoms with E-state index in [2.05, 4.69) is 0 Å². The van der Waals surface area contributed by atoms with E-state index in [1.54, 1.807) is 24.3 Å². The Morgan fingerprint density at radius 3 is 2.12 bits per heavy atom. The number of benzene rings is 1. The Morgan fingerprint density at radius 2 is 1.62 bits per heavy atom. The summed E-state index contributed by atoms with van der Waals surface area (Å²) in [6, 6.07) is 10.7. The van der Waals surface area contributed by atoms with Crippen LogP contribution in [-0.2, 0) is 10.1 Å². The van der Waals surface area contributed by atoms with Gasteiger partial charge < -0.3 is 8.75 Å². The Kier molecular flexibility index (Phi) is 2.70. The van der Waals surface area contributed by atoms with Crippen LogP contribution in [0.5, 0.6) is 5.75 Å². The molecule has 0 N–H and O–H groups in total. The van der Waals surface area contributed by atoms with Gasteiger partial charge in [0, 0.05) is 18.1 Å². The van der Waals surface area contributed by atoms with Crippen molar-refractivity contribution in [3.05, 3.63) is 48.8 Å². The predicted molar refractivity (Wildman–Crippen MR) is 61.2 cm³/mol. The van der Waals surface area contributed by atoms with Gasteiger partial charge in [-0.25, -0.2) is 0 Å². The van der Waals surface area contributed by atoms with Crippen LogP contribution in [0.1, 0.15) is 0 Å². The first-order valence-corrected chi connectivity index (χ1v) is 6.49. The lowest BCUT2D eigenvalue weighted by Crippen LogP contribution is -2.05. The van der Waals surface area contributed by atoms with Crippen molar-refractivity contribution in [2.75, 3.05) is 6.26 Å². The van der Waals surface area contributed by atoms with Gasteiger partial charge in [-0.05, 0) is 36.4 Å². The highest BCUT2D eigenvalue weighted by Crippen LogP contribution is 2.16. The summed E-state index contributed by atoms with van der Waals surface area (Å²) in [5, 5.41) is 0. The van der Waals surface area contributed by atoms with Crippen molar-refractivity contribution in [1.82, 2.24) is 4.57 Å². The maximum absolute atomic E-state index is 10.9. The fourth-order valence-electron chi connectivity index (χ4n) is 1.36. The molecule has 0 bridgehead atoms. The third-order valence-electron chi connectivity index (χ3n) is 1.99. The average Bonchev–Trinajstić information content (AvgIpc) is 2.69. The largest absolute Gasteiger partial charge is 0.383 e. The predicted octanol–water partition coefficient (Wildman–Crippen LogP) is 1.82. The van der Waals surface area contributed by atoms with E-state index >= 15 is 0 Å². The molecule has 2 aromatic rings. The highest BCUT2D eigenvalue weighted by atomic mass is 32.2. The van der Waals surface area contributed by atoms with Crippen molar-refractivity contribution in [2.24, 2.45) is 0 Å². The third kappa shape index (κ3) is 2.64. The van der Waals surface area contributed by atoms with Crippen molar-refractivity contribution >= 4 is 10.1 Å². The summed E-state index contributed by atoms with van der Waals surface area (Å²) >= 11 is 0. The molecule has 0 radical (unpaired) electrons. The zero-order valence-corrected chi connectivity index (χ0v) is 9.52. The lowest BCUT2D eigenvalue weighted by atomic mass is 10.3. The quantitative estimate of drug-likeness (QED) is 0.765. The average molecular weight is 237 g/mol. The van der Waals surface area contributed by atoms with Gasteiger partial charge in [0.15, 0.2) is 0 Å². The fraction of sp³-hybridized carbons (Fsp3) is 0.0909. The van der Waals surface area contributed by atoms with Gasteiger partial charge in [-0.1, -0.05) is 0 Å². The number of hydrogen-bond acceptors (Lipinski definition) is 3. The summed E-state index contributed by atoms with van der Waals surface area (Å²) in [6.45, 7) is 0. The Balaban J connectivity index is 2.24. The molecule has 1 aromatic carbocycles. The topological polar surface area (TPSA) is 48.3 Å². The second-order valence-electron chi connectivity index (χ2n) is 3.37. The molecule has 0 saturated heterocycles. The van der Waals surface area contributed by atoms with Crippen LogP contribution < -0.4 is 4.18 Å². The molecule has 2 rings (SSSR count). The summed E-state index contributed by atoms with van der Waals surface area (Å²) in [5.74, 6) is 0.318. The molecular weight excluding hydrogens is 226 g/mol. The maximum Gasteiger partial charge on any atom is 0.306 e. The highest BCUT2D eigenvalue weighted by Gasteiger charge is 2.03. The molecule has 84 valence electrons. The smallest absolute Gasteiger partial charge is 0.306 e. The van der Waals surface area contributed by atoms with Gasteiger partial charge in [0.2, 0.25) is 0 Å². The lowest BCUT2D eigenvalue weighted by molar-refractivity contribution is 0.493. The van der Waals surface area contributed by atoms with Crippen LogP contribution >= 0.6 is 0 Å². The van der Waals surface area contributed by atoms with E-state index in [1.165, 1.54) is 0 Å². The van der Waals surface area contributed by atoms with Crippen LogP contribution in [0.15, 0.2) is 48.8 Å². The molecule has 0 fully saturated rings. The molecule has 0 atom stereocenters. The van der Waals surface area contributed by atoms with Crippen molar-refractivity contribution < 1.29 is 12.6 Å². The molecule has 5 heteroatoms. The van der Waals surface area contributed by atoms with Gasteiger partial charge in [0.05, 0.1) is 6.26 Å². The molecule has 0 aliphatic heterocycles. The van der Waals surface area contributed by atoms with Crippen molar-refractivity contribution in [3.63, 3.8) is 0 Å². The van der Waals surface area contributed by atoms with Crippen LogP contribution in [0.4, 0.5) is 0 Å². The van der Waals surface area contributed by atoms with Crippen LogP contribution in [0.3, 0.4) is 0 Å². The van der Waals surface area contributed by atoms with Crippen LogP contribution in [0.25, 0.3) is 5.69 Å².